The van der Waals surface area contributed by atoms with E-state index in [1.54, 1.807) is 12.1 Å². The minimum Gasteiger partial charge on any atom is -0.483 e. The van der Waals surface area contributed by atoms with E-state index in [0.717, 1.165) is 15.8 Å². The summed E-state index contributed by atoms with van der Waals surface area (Å²) >= 11 is 10.6. The summed E-state index contributed by atoms with van der Waals surface area (Å²) in [6.45, 7) is 2.37. The molecular formula is C20H20BrClN4O2S. The van der Waals surface area contributed by atoms with Crippen molar-refractivity contribution in [3.05, 3.63) is 69.4 Å². The summed E-state index contributed by atoms with van der Waals surface area (Å²) in [5.74, 6) is 1.62. The first kappa shape index (κ1) is 21.7. The van der Waals surface area contributed by atoms with Gasteiger partial charge in [-0.15, -0.1) is 10.2 Å². The maximum atomic E-state index is 12.1. The first-order chi connectivity index (χ1) is 13.9. The molecule has 0 radical (unpaired) electrons. The van der Waals surface area contributed by atoms with E-state index in [4.69, 9.17) is 16.3 Å². The third-order valence-electron chi connectivity index (χ3n) is 4.09. The van der Waals surface area contributed by atoms with Gasteiger partial charge in [0.25, 0.3) is 0 Å². The van der Waals surface area contributed by atoms with E-state index in [0.29, 0.717) is 22.5 Å². The van der Waals surface area contributed by atoms with Crippen LogP contribution in [0, 0.1) is 0 Å². The molecular weight excluding hydrogens is 476 g/mol. The Morgan fingerprint density at radius 1 is 1.21 bits per heavy atom. The molecule has 0 saturated heterocycles. The number of thioether (sulfide) groups is 1. The minimum atomic E-state index is -0.276. The van der Waals surface area contributed by atoms with Crippen LogP contribution in [0.15, 0.2) is 58.2 Å². The number of nitrogens with one attached hydrogen (secondary N) is 1. The number of rotatable bonds is 8. The van der Waals surface area contributed by atoms with Crippen molar-refractivity contribution < 1.29 is 9.53 Å². The van der Waals surface area contributed by atoms with Crippen molar-refractivity contribution in [2.45, 2.75) is 24.7 Å². The largest absolute Gasteiger partial charge is 0.483 e. The average molecular weight is 496 g/mol. The zero-order chi connectivity index (χ0) is 20.8. The van der Waals surface area contributed by atoms with Gasteiger partial charge in [-0.1, -0.05) is 51.4 Å². The summed E-state index contributed by atoms with van der Waals surface area (Å²) in [7, 11) is 1.87. The number of carbonyl (C=O) groups excluding carboxylic acids is 1. The van der Waals surface area contributed by atoms with E-state index < -0.39 is 0 Å². The molecule has 3 rings (SSSR count). The second-order valence-electron chi connectivity index (χ2n) is 6.31. The topological polar surface area (TPSA) is 69.0 Å². The van der Waals surface area contributed by atoms with E-state index in [1.807, 2.05) is 54.9 Å². The van der Waals surface area contributed by atoms with Crippen LogP contribution in [-0.4, -0.2) is 26.4 Å². The van der Waals surface area contributed by atoms with Gasteiger partial charge in [0.15, 0.2) is 17.1 Å². The summed E-state index contributed by atoms with van der Waals surface area (Å²) < 4.78 is 8.77. The maximum absolute atomic E-state index is 12.1. The van der Waals surface area contributed by atoms with Crippen LogP contribution in [0.2, 0.25) is 5.02 Å². The highest BCUT2D eigenvalue weighted by atomic mass is 79.9. The summed E-state index contributed by atoms with van der Waals surface area (Å²) in [5, 5.41) is 12.6. The summed E-state index contributed by atoms with van der Waals surface area (Å²) in [5.41, 5.74) is 0.993. The van der Waals surface area contributed by atoms with Crippen molar-refractivity contribution >= 4 is 45.2 Å². The molecule has 1 N–H and O–H groups in total. The van der Waals surface area contributed by atoms with Crippen LogP contribution >= 0.6 is 39.3 Å². The van der Waals surface area contributed by atoms with Crippen molar-refractivity contribution in [3.8, 4) is 5.75 Å². The standard InChI is InChI=1S/C20H20BrClN4O2S/c1-13(28-17-9-5-15(21)6-10-17)19-24-25-20(26(19)2)29-12-18(27)23-11-14-3-7-16(22)8-4-14/h3-10,13H,11-12H2,1-2H3,(H,23,27). The van der Waals surface area contributed by atoms with E-state index in [-0.39, 0.29) is 17.8 Å². The van der Waals surface area contributed by atoms with Crippen molar-refractivity contribution in [1.29, 1.82) is 0 Å². The molecule has 6 nitrogen and oxygen atoms in total. The summed E-state index contributed by atoms with van der Waals surface area (Å²) in [4.78, 5) is 12.1. The molecule has 1 unspecified atom stereocenters. The van der Waals surface area contributed by atoms with E-state index in [1.165, 1.54) is 11.8 Å². The molecule has 0 aliphatic rings. The van der Waals surface area contributed by atoms with Crippen molar-refractivity contribution in [1.82, 2.24) is 20.1 Å². The number of hydrogen-bond donors (Lipinski definition) is 1. The molecule has 1 heterocycles. The van der Waals surface area contributed by atoms with Crippen LogP contribution in [-0.2, 0) is 18.4 Å². The third-order valence-corrected chi connectivity index (χ3v) is 5.89. The molecule has 1 amide bonds. The Hall–Kier alpha value is -2.03. The first-order valence-electron chi connectivity index (χ1n) is 8.88. The fourth-order valence-corrected chi connectivity index (χ4v) is 3.70. The molecule has 9 heteroatoms. The van der Waals surface area contributed by atoms with Gasteiger partial charge in [0.1, 0.15) is 5.75 Å². The quantitative estimate of drug-likeness (QED) is 0.456. The zero-order valence-corrected chi connectivity index (χ0v) is 19.1. The SMILES string of the molecule is CC(Oc1ccc(Br)cc1)c1nnc(SCC(=O)NCc2ccc(Cl)cc2)n1C. The van der Waals surface area contributed by atoms with Gasteiger partial charge in [-0.05, 0) is 48.9 Å². The van der Waals surface area contributed by atoms with Gasteiger partial charge >= 0.3 is 0 Å². The number of halogens is 2. The number of carbonyl (C=O) groups is 1. The average Bonchev–Trinajstić information content (AvgIpc) is 3.08. The van der Waals surface area contributed by atoms with Crippen molar-refractivity contribution in [2.24, 2.45) is 7.05 Å². The van der Waals surface area contributed by atoms with Crippen molar-refractivity contribution in [3.63, 3.8) is 0 Å². The maximum Gasteiger partial charge on any atom is 0.230 e. The number of aromatic nitrogens is 3. The Bertz CT molecular complexity index is 964. The molecule has 152 valence electrons. The lowest BCUT2D eigenvalue weighted by Crippen LogP contribution is -2.24. The van der Waals surface area contributed by atoms with E-state index in [9.17, 15) is 4.79 Å². The highest BCUT2D eigenvalue weighted by molar-refractivity contribution is 9.10. The van der Waals surface area contributed by atoms with Gasteiger partial charge < -0.3 is 14.6 Å². The highest BCUT2D eigenvalue weighted by Gasteiger charge is 2.18. The first-order valence-corrected chi connectivity index (χ1v) is 11.0. The Morgan fingerprint density at radius 2 is 1.90 bits per heavy atom. The lowest BCUT2D eigenvalue weighted by molar-refractivity contribution is -0.118. The van der Waals surface area contributed by atoms with Gasteiger partial charge in [-0.2, -0.15) is 0 Å². The molecule has 0 fully saturated rings. The number of ether oxygens (including phenoxy) is 1. The second kappa shape index (κ2) is 10.1. The molecule has 0 aliphatic carbocycles. The molecule has 0 saturated carbocycles. The van der Waals surface area contributed by atoms with Crippen LogP contribution in [0.4, 0.5) is 0 Å². The normalized spacial score (nSPS) is 11.9. The van der Waals surface area contributed by atoms with E-state index >= 15 is 0 Å². The monoisotopic (exact) mass is 494 g/mol. The van der Waals surface area contributed by atoms with Gasteiger partial charge in [-0.3, -0.25) is 4.79 Å². The molecule has 0 spiro atoms. The number of nitrogens with zero attached hydrogens (tertiary/aromatic N) is 3. The van der Waals surface area contributed by atoms with Crippen molar-refractivity contribution in [2.75, 3.05) is 5.75 Å². The van der Waals surface area contributed by atoms with Crippen LogP contribution < -0.4 is 10.1 Å². The highest BCUT2D eigenvalue weighted by Crippen LogP contribution is 2.24. The van der Waals surface area contributed by atoms with Crippen LogP contribution in [0.3, 0.4) is 0 Å². The number of hydrogen-bond acceptors (Lipinski definition) is 5. The van der Waals surface area contributed by atoms with Gasteiger partial charge in [-0.25, -0.2) is 0 Å². The lowest BCUT2D eigenvalue weighted by atomic mass is 10.2. The Balaban J connectivity index is 1.51. The predicted molar refractivity (Wildman–Crippen MR) is 118 cm³/mol. The molecule has 1 aromatic heterocycles. The van der Waals surface area contributed by atoms with Gasteiger partial charge in [0, 0.05) is 23.1 Å². The summed E-state index contributed by atoms with van der Waals surface area (Å²) in [6, 6.07) is 15.0. The Labute approximate surface area is 187 Å². The minimum absolute atomic E-state index is 0.0753. The Morgan fingerprint density at radius 3 is 2.59 bits per heavy atom. The zero-order valence-electron chi connectivity index (χ0n) is 15.9. The van der Waals surface area contributed by atoms with E-state index in [2.05, 4.69) is 31.4 Å². The Kier molecular flexibility index (Phi) is 7.57. The number of amides is 1. The molecule has 3 aromatic rings. The van der Waals surface area contributed by atoms with Gasteiger partial charge in [0.05, 0.1) is 5.75 Å². The third kappa shape index (κ3) is 6.22. The second-order valence-corrected chi connectivity index (χ2v) is 8.60. The van der Waals surface area contributed by atoms with Gasteiger partial charge in [0.2, 0.25) is 5.91 Å². The number of benzene rings is 2. The van der Waals surface area contributed by atoms with Crippen LogP contribution in [0.5, 0.6) is 5.75 Å². The van der Waals surface area contributed by atoms with Crippen LogP contribution in [0.25, 0.3) is 0 Å². The predicted octanol–water partition coefficient (Wildman–Crippen LogP) is 4.78. The smallest absolute Gasteiger partial charge is 0.230 e. The molecule has 1 atom stereocenters. The fraction of sp³-hybridized carbons (Fsp3) is 0.250. The molecule has 0 bridgehead atoms. The van der Waals surface area contributed by atoms with Crippen LogP contribution in [0.1, 0.15) is 24.4 Å². The molecule has 0 aliphatic heterocycles. The molecule has 2 aromatic carbocycles. The lowest BCUT2D eigenvalue weighted by Gasteiger charge is -2.14. The fourth-order valence-electron chi connectivity index (χ4n) is 2.56. The summed E-state index contributed by atoms with van der Waals surface area (Å²) in [6.07, 6.45) is -0.276. The molecule has 29 heavy (non-hydrogen) atoms.